The van der Waals surface area contributed by atoms with Gasteiger partial charge in [0.15, 0.2) is 6.79 Å². The molecule has 0 aromatic heterocycles. The number of ether oxygens (including phenoxy) is 2. The first-order valence-electron chi connectivity index (χ1n) is 8.78. The van der Waals surface area contributed by atoms with Gasteiger partial charge < -0.3 is 18.8 Å². The summed E-state index contributed by atoms with van der Waals surface area (Å²) in [6.07, 6.45) is 0. The first-order chi connectivity index (χ1) is 11.4. The Morgan fingerprint density at radius 1 is 1.08 bits per heavy atom. The highest BCUT2D eigenvalue weighted by Crippen LogP contribution is 2.37. The summed E-state index contributed by atoms with van der Waals surface area (Å²) in [5.74, 6) is -0.00963. The number of rotatable bonds is 7. The van der Waals surface area contributed by atoms with Gasteiger partial charge in [-0.25, -0.2) is 4.39 Å². The predicted octanol–water partition coefficient (Wildman–Crippen LogP) is 3.82. The van der Waals surface area contributed by atoms with Crippen LogP contribution in [0.2, 0.25) is 25.7 Å². The topological polar surface area (TPSA) is 36.9 Å². The van der Waals surface area contributed by atoms with E-state index in [9.17, 15) is 4.39 Å². The second-order valence-electron chi connectivity index (χ2n) is 8.72. The van der Waals surface area contributed by atoms with Crippen LogP contribution >= 0.6 is 0 Å². The maximum Gasteiger partial charge on any atom is 0.501 e. The molecule has 1 heterocycles. The molecule has 7 heteroatoms. The highest BCUT2D eigenvalue weighted by molar-refractivity contribution is 6.76. The van der Waals surface area contributed by atoms with Crippen LogP contribution in [0.15, 0.2) is 18.2 Å². The normalized spacial score (nSPS) is 19.3. The van der Waals surface area contributed by atoms with Crippen molar-refractivity contribution < 1.29 is 23.2 Å². The fourth-order valence-corrected chi connectivity index (χ4v) is 3.13. The van der Waals surface area contributed by atoms with Gasteiger partial charge in [0.25, 0.3) is 0 Å². The van der Waals surface area contributed by atoms with Gasteiger partial charge in [0.1, 0.15) is 11.6 Å². The predicted molar refractivity (Wildman–Crippen MR) is 102 cm³/mol. The van der Waals surface area contributed by atoms with E-state index in [-0.39, 0.29) is 12.3 Å². The van der Waals surface area contributed by atoms with E-state index in [1.54, 1.807) is 12.1 Å². The first kappa shape index (κ1) is 20.4. The van der Waals surface area contributed by atoms with Crippen molar-refractivity contribution in [1.29, 1.82) is 0 Å². The number of halogens is 1. The van der Waals surface area contributed by atoms with Gasteiger partial charge in [-0.2, -0.15) is 0 Å². The highest BCUT2D eigenvalue weighted by Gasteiger charge is 2.53. The first-order valence-corrected chi connectivity index (χ1v) is 12.5. The fraction of sp³-hybridized carbons (Fsp3) is 0.667. The second kappa shape index (κ2) is 7.39. The molecule has 1 saturated heterocycles. The minimum absolute atomic E-state index is 0.0838. The summed E-state index contributed by atoms with van der Waals surface area (Å²) in [5, 5.41) is 0. The standard InChI is InChI=1S/C18H30BFO4Si/c1-17(2)18(3,4)24-19(23-17)16-14(20)9-8-10-15(16)22-13-21-11-12-25(5,6)7/h8-10H,11-13H2,1-7H3. The van der Waals surface area contributed by atoms with Gasteiger partial charge in [0.05, 0.1) is 16.7 Å². The average molecular weight is 368 g/mol. The Labute approximate surface area is 152 Å². The van der Waals surface area contributed by atoms with Crippen molar-refractivity contribution in [2.45, 2.75) is 64.6 Å². The summed E-state index contributed by atoms with van der Waals surface area (Å²) in [6, 6.07) is 5.77. The zero-order valence-corrected chi connectivity index (χ0v) is 17.4. The van der Waals surface area contributed by atoms with E-state index in [1.165, 1.54) is 6.07 Å². The molecule has 1 aromatic carbocycles. The van der Waals surface area contributed by atoms with Crippen molar-refractivity contribution >= 4 is 20.7 Å². The summed E-state index contributed by atoms with van der Waals surface area (Å²) in [5.41, 5.74) is -0.786. The molecule has 0 bridgehead atoms. The SMILES string of the molecule is CC1(C)OB(c2c(F)cccc2OCOCC[Si](C)(C)C)OC1(C)C. The Kier molecular flexibility index (Phi) is 6.03. The fourth-order valence-electron chi connectivity index (χ4n) is 2.38. The molecule has 25 heavy (non-hydrogen) atoms. The smallest absolute Gasteiger partial charge is 0.468 e. The number of hydrogen-bond donors (Lipinski definition) is 0. The molecule has 1 aliphatic rings. The van der Waals surface area contributed by atoms with E-state index in [0.717, 1.165) is 6.04 Å². The minimum Gasteiger partial charge on any atom is -0.468 e. The van der Waals surface area contributed by atoms with E-state index in [1.807, 2.05) is 27.7 Å². The third-order valence-electron chi connectivity index (χ3n) is 4.80. The number of benzene rings is 1. The summed E-state index contributed by atoms with van der Waals surface area (Å²) in [6.45, 7) is 15.4. The molecule has 0 N–H and O–H groups in total. The van der Waals surface area contributed by atoms with Crippen LogP contribution < -0.4 is 10.2 Å². The Hall–Kier alpha value is -0.888. The Morgan fingerprint density at radius 2 is 1.68 bits per heavy atom. The van der Waals surface area contributed by atoms with Crippen LogP contribution in [0, 0.1) is 5.82 Å². The molecule has 0 aliphatic carbocycles. The van der Waals surface area contributed by atoms with Crippen molar-refractivity contribution in [1.82, 2.24) is 0 Å². The van der Waals surface area contributed by atoms with Crippen LogP contribution in [0.1, 0.15) is 27.7 Å². The van der Waals surface area contributed by atoms with Crippen LogP contribution in [-0.2, 0) is 14.0 Å². The van der Waals surface area contributed by atoms with Gasteiger partial charge in [-0.3, -0.25) is 0 Å². The molecule has 4 nitrogen and oxygen atoms in total. The maximum absolute atomic E-state index is 14.5. The molecule has 140 valence electrons. The van der Waals surface area contributed by atoms with Crippen molar-refractivity contribution in [2.75, 3.05) is 13.4 Å². The van der Waals surface area contributed by atoms with Crippen molar-refractivity contribution in [3.8, 4) is 5.75 Å². The third kappa shape index (κ3) is 5.06. The van der Waals surface area contributed by atoms with Crippen LogP contribution in [0.5, 0.6) is 5.75 Å². The Bertz CT molecular complexity index is 585. The van der Waals surface area contributed by atoms with Gasteiger partial charge in [-0.15, -0.1) is 0 Å². The van der Waals surface area contributed by atoms with E-state index >= 15 is 0 Å². The van der Waals surface area contributed by atoms with Gasteiger partial charge in [-0.1, -0.05) is 25.7 Å². The summed E-state index contributed by atoms with van der Waals surface area (Å²) in [4.78, 5) is 0. The molecular weight excluding hydrogens is 338 g/mol. The monoisotopic (exact) mass is 368 g/mol. The molecule has 2 rings (SSSR count). The van der Waals surface area contributed by atoms with Gasteiger partial charge >= 0.3 is 7.12 Å². The molecule has 0 saturated carbocycles. The van der Waals surface area contributed by atoms with E-state index in [4.69, 9.17) is 18.8 Å². The Balaban J connectivity index is 2.05. The van der Waals surface area contributed by atoms with Gasteiger partial charge in [-0.05, 0) is 45.9 Å². The van der Waals surface area contributed by atoms with Gasteiger partial charge in [0, 0.05) is 14.7 Å². The molecule has 0 unspecified atom stereocenters. The molecule has 1 aromatic rings. The lowest BCUT2D eigenvalue weighted by molar-refractivity contribution is 0.00578. The minimum atomic E-state index is -1.14. The quantitative estimate of drug-likeness (QED) is 0.417. The lowest BCUT2D eigenvalue weighted by atomic mass is 9.78. The molecule has 0 amide bonds. The summed E-state index contributed by atoms with van der Waals surface area (Å²) >= 11 is 0. The largest absolute Gasteiger partial charge is 0.501 e. The van der Waals surface area contributed by atoms with Crippen LogP contribution in [-0.4, -0.2) is 39.8 Å². The molecule has 0 radical (unpaired) electrons. The van der Waals surface area contributed by atoms with E-state index < -0.39 is 32.2 Å². The summed E-state index contributed by atoms with van der Waals surface area (Å²) < 4.78 is 37.6. The molecule has 1 fully saturated rings. The average Bonchev–Trinajstić information content (AvgIpc) is 2.65. The lowest BCUT2D eigenvalue weighted by Gasteiger charge is -2.32. The highest BCUT2D eigenvalue weighted by atomic mass is 28.3. The van der Waals surface area contributed by atoms with Crippen molar-refractivity contribution in [3.63, 3.8) is 0 Å². The molecule has 0 spiro atoms. The lowest BCUT2D eigenvalue weighted by Crippen LogP contribution is -2.41. The zero-order valence-electron chi connectivity index (χ0n) is 16.4. The van der Waals surface area contributed by atoms with Crippen LogP contribution in [0.3, 0.4) is 0 Å². The van der Waals surface area contributed by atoms with Crippen LogP contribution in [0.4, 0.5) is 4.39 Å². The zero-order chi connectivity index (χ0) is 18.9. The summed E-state index contributed by atoms with van der Waals surface area (Å²) in [7, 11) is -1.94. The molecule has 1 aliphatic heterocycles. The van der Waals surface area contributed by atoms with E-state index in [2.05, 4.69) is 19.6 Å². The molecular formula is C18H30BFO4Si. The van der Waals surface area contributed by atoms with Crippen molar-refractivity contribution in [3.05, 3.63) is 24.0 Å². The third-order valence-corrected chi connectivity index (χ3v) is 6.50. The van der Waals surface area contributed by atoms with Crippen molar-refractivity contribution in [2.24, 2.45) is 0 Å². The maximum atomic E-state index is 14.5. The van der Waals surface area contributed by atoms with Gasteiger partial charge in [0.2, 0.25) is 0 Å². The molecule has 0 atom stereocenters. The van der Waals surface area contributed by atoms with Crippen LogP contribution in [0.25, 0.3) is 0 Å². The second-order valence-corrected chi connectivity index (χ2v) is 14.3. The van der Waals surface area contributed by atoms with E-state index in [0.29, 0.717) is 12.4 Å². The number of hydrogen-bond acceptors (Lipinski definition) is 4. The Morgan fingerprint density at radius 3 is 2.24 bits per heavy atom.